The Morgan fingerprint density at radius 2 is 1.83 bits per heavy atom. The van der Waals surface area contributed by atoms with Crippen LogP contribution in [0.3, 0.4) is 0 Å². The van der Waals surface area contributed by atoms with Gasteiger partial charge in [0.15, 0.2) is 0 Å². The van der Waals surface area contributed by atoms with Gasteiger partial charge in [-0.15, -0.1) is 12.4 Å². The normalized spacial score (nSPS) is 11.1. The summed E-state index contributed by atoms with van der Waals surface area (Å²) < 4.78 is 7.58. The molecule has 0 atom stereocenters. The van der Waals surface area contributed by atoms with E-state index in [0.29, 0.717) is 6.61 Å². The number of hydrogen-bond donors (Lipinski definition) is 0. The minimum absolute atomic E-state index is 0. The van der Waals surface area contributed by atoms with Crippen LogP contribution in [0.2, 0.25) is 0 Å². The molecule has 0 fully saturated rings. The number of rotatable bonds is 5. The molecular weight excluding hydrogens is 320 g/mol. The summed E-state index contributed by atoms with van der Waals surface area (Å²) in [6.45, 7) is 5.87. The van der Waals surface area contributed by atoms with Crippen LogP contribution >= 0.6 is 12.4 Å². The topological polar surface area (TPSA) is 27.1 Å². The Hall–Kier alpha value is -2.10. The van der Waals surface area contributed by atoms with Crippen molar-refractivity contribution in [3.05, 3.63) is 65.1 Å². The van der Waals surface area contributed by atoms with Crippen molar-refractivity contribution >= 4 is 35.5 Å². The molecule has 4 heteroatoms. The first-order valence-corrected chi connectivity index (χ1v) is 7.89. The fourth-order valence-corrected chi connectivity index (χ4v) is 2.94. The van der Waals surface area contributed by atoms with Gasteiger partial charge in [0.25, 0.3) is 0 Å². The zero-order valence-electron chi connectivity index (χ0n) is 14.3. The molecule has 24 heavy (non-hydrogen) atoms. The summed E-state index contributed by atoms with van der Waals surface area (Å²) in [6, 6.07) is 12.4. The van der Waals surface area contributed by atoms with Gasteiger partial charge in [-0.2, -0.15) is 0 Å². The molecule has 0 bridgehead atoms. The molecule has 0 N–H and O–H groups in total. The van der Waals surface area contributed by atoms with Crippen LogP contribution in [0.1, 0.15) is 22.5 Å². The minimum atomic E-state index is 0. The van der Waals surface area contributed by atoms with Crippen LogP contribution < -0.4 is 0 Å². The molecule has 0 unspecified atom stereocenters. The smallest absolute Gasteiger partial charge is 0.0872 e. The first kappa shape index (κ1) is 18.2. The predicted octanol–water partition coefficient (Wildman–Crippen LogP) is 4.89. The van der Waals surface area contributed by atoms with Gasteiger partial charge >= 0.3 is 0 Å². The zero-order chi connectivity index (χ0) is 16.2. The van der Waals surface area contributed by atoms with Gasteiger partial charge in [-0.05, 0) is 37.1 Å². The number of ether oxygens (including phenoxy) is 1. The Balaban J connectivity index is 0.00000208. The van der Waals surface area contributed by atoms with E-state index in [1.807, 2.05) is 24.4 Å². The molecule has 1 aromatic carbocycles. The monoisotopic (exact) mass is 342 g/mol. The lowest BCUT2D eigenvalue weighted by molar-refractivity contribution is 0.188. The number of hydrogen-bond acceptors (Lipinski definition) is 2. The van der Waals surface area contributed by atoms with E-state index < -0.39 is 0 Å². The highest BCUT2D eigenvalue weighted by Crippen LogP contribution is 2.27. The molecule has 0 saturated heterocycles. The third-order valence-electron chi connectivity index (χ3n) is 4.33. The quantitative estimate of drug-likeness (QED) is 0.660. The van der Waals surface area contributed by atoms with Gasteiger partial charge in [-0.25, -0.2) is 0 Å². The summed E-state index contributed by atoms with van der Waals surface area (Å²) in [4.78, 5) is 4.60. The summed E-state index contributed by atoms with van der Waals surface area (Å²) in [5.41, 5.74) is 5.95. The number of methoxy groups -OCH3 is 1. The Morgan fingerprint density at radius 1 is 1.08 bits per heavy atom. The van der Waals surface area contributed by atoms with Gasteiger partial charge in [-0.3, -0.25) is 4.98 Å². The van der Waals surface area contributed by atoms with E-state index in [0.717, 1.165) is 12.2 Å². The fraction of sp³-hybridized carbons (Fsp3) is 0.250. The number of aromatic nitrogens is 2. The summed E-state index contributed by atoms with van der Waals surface area (Å²) in [7, 11) is 1.74. The molecule has 0 radical (unpaired) electrons. The van der Waals surface area contributed by atoms with E-state index >= 15 is 0 Å². The van der Waals surface area contributed by atoms with Crippen molar-refractivity contribution in [1.82, 2.24) is 9.55 Å². The lowest BCUT2D eigenvalue weighted by Crippen LogP contribution is -2.06. The SMILES string of the molecule is COCCn1c(C)c(C)c2ccnc(C=Cc3ccccc3)c21.Cl. The molecule has 3 aromatic rings. The van der Waals surface area contributed by atoms with Gasteiger partial charge in [-0.1, -0.05) is 36.4 Å². The van der Waals surface area contributed by atoms with Gasteiger partial charge in [0.2, 0.25) is 0 Å². The fourth-order valence-electron chi connectivity index (χ4n) is 2.94. The molecule has 2 heterocycles. The Kier molecular flexibility index (Phi) is 6.18. The Morgan fingerprint density at radius 3 is 2.54 bits per heavy atom. The number of halogens is 1. The molecule has 0 aliphatic rings. The van der Waals surface area contributed by atoms with Crippen LogP contribution in [0.5, 0.6) is 0 Å². The molecule has 126 valence electrons. The summed E-state index contributed by atoms with van der Waals surface area (Å²) >= 11 is 0. The molecule has 3 rings (SSSR count). The summed E-state index contributed by atoms with van der Waals surface area (Å²) in [5.74, 6) is 0. The molecule has 0 saturated carbocycles. The molecule has 3 nitrogen and oxygen atoms in total. The summed E-state index contributed by atoms with van der Waals surface area (Å²) in [6.07, 6.45) is 6.10. The second-order valence-corrected chi connectivity index (χ2v) is 5.69. The van der Waals surface area contributed by atoms with Crippen LogP contribution in [0, 0.1) is 13.8 Å². The number of fused-ring (bicyclic) bond motifs is 1. The number of benzene rings is 1. The third-order valence-corrected chi connectivity index (χ3v) is 4.33. The van der Waals surface area contributed by atoms with Gasteiger partial charge in [0.1, 0.15) is 0 Å². The van der Waals surface area contributed by atoms with Crippen LogP contribution in [0.4, 0.5) is 0 Å². The van der Waals surface area contributed by atoms with E-state index in [2.05, 4.69) is 53.7 Å². The Labute approximate surface area is 149 Å². The highest BCUT2D eigenvalue weighted by Gasteiger charge is 2.13. The van der Waals surface area contributed by atoms with Crippen LogP contribution in [-0.2, 0) is 11.3 Å². The van der Waals surface area contributed by atoms with Crippen molar-refractivity contribution in [3.8, 4) is 0 Å². The lowest BCUT2D eigenvalue weighted by atomic mass is 10.1. The second-order valence-electron chi connectivity index (χ2n) is 5.69. The molecule has 0 amide bonds. The minimum Gasteiger partial charge on any atom is -0.383 e. The lowest BCUT2D eigenvalue weighted by Gasteiger charge is -2.09. The van der Waals surface area contributed by atoms with Crippen molar-refractivity contribution in [2.24, 2.45) is 0 Å². The molecule has 0 aliphatic heterocycles. The van der Waals surface area contributed by atoms with E-state index in [9.17, 15) is 0 Å². The van der Waals surface area contributed by atoms with Crippen molar-refractivity contribution in [2.45, 2.75) is 20.4 Å². The standard InChI is InChI=1S/C20H22N2O.ClH/c1-15-16(2)22(13-14-23-3)20-18(15)11-12-21-19(20)10-9-17-7-5-4-6-8-17;/h4-12H,13-14H2,1-3H3;1H. The molecular formula is C20H23ClN2O. The first-order valence-electron chi connectivity index (χ1n) is 7.89. The maximum absolute atomic E-state index is 5.27. The molecule has 2 aromatic heterocycles. The van der Waals surface area contributed by atoms with Crippen molar-refractivity contribution in [1.29, 1.82) is 0 Å². The van der Waals surface area contributed by atoms with Crippen LogP contribution in [-0.4, -0.2) is 23.3 Å². The zero-order valence-corrected chi connectivity index (χ0v) is 15.1. The average Bonchev–Trinajstić information content (AvgIpc) is 2.84. The number of aryl methyl sites for hydroxylation is 1. The number of nitrogens with zero attached hydrogens (tertiary/aromatic N) is 2. The van der Waals surface area contributed by atoms with E-state index in [4.69, 9.17) is 4.74 Å². The van der Waals surface area contributed by atoms with Crippen LogP contribution in [0.25, 0.3) is 23.1 Å². The Bertz CT molecular complexity index is 838. The van der Waals surface area contributed by atoms with E-state index in [1.165, 1.54) is 27.7 Å². The van der Waals surface area contributed by atoms with Crippen LogP contribution in [0.15, 0.2) is 42.6 Å². The molecule has 0 spiro atoms. The number of pyridine rings is 1. The maximum Gasteiger partial charge on any atom is 0.0872 e. The largest absolute Gasteiger partial charge is 0.383 e. The maximum atomic E-state index is 5.27. The van der Waals surface area contributed by atoms with Gasteiger partial charge in [0.05, 0.1) is 17.8 Å². The summed E-state index contributed by atoms with van der Waals surface area (Å²) in [5, 5.41) is 1.27. The highest BCUT2D eigenvalue weighted by molar-refractivity contribution is 5.92. The molecule has 0 aliphatic carbocycles. The van der Waals surface area contributed by atoms with Crippen molar-refractivity contribution in [2.75, 3.05) is 13.7 Å². The van der Waals surface area contributed by atoms with Gasteiger partial charge in [0, 0.05) is 30.9 Å². The first-order chi connectivity index (χ1) is 11.2. The van der Waals surface area contributed by atoms with Crippen molar-refractivity contribution in [3.63, 3.8) is 0 Å². The highest BCUT2D eigenvalue weighted by atomic mass is 35.5. The van der Waals surface area contributed by atoms with E-state index in [1.54, 1.807) is 7.11 Å². The second kappa shape index (κ2) is 8.13. The van der Waals surface area contributed by atoms with E-state index in [-0.39, 0.29) is 12.4 Å². The predicted molar refractivity (Wildman–Crippen MR) is 104 cm³/mol. The third kappa shape index (κ3) is 3.53. The van der Waals surface area contributed by atoms with Gasteiger partial charge < -0.3 is 9.30 Å². The average molecular weight is 343 g/mol. The van der Waals surface area contributed by atoms with Crippen molar-refractivity contribution < 1.29 is 4.74 Å².